The smallest absolute Gasteiger partial charge is 0.274 e. The Balaban J connectivity index is 1.70. The summed E-state index contributed by atoms with van der Waals surface area (Å²) in [5, 5.41) is 9.12. The number of hydrogen-bond donors (Lipinski definition) is 0. The molecule has 1 amide bonds. The van der Waals surface area contributed by atoms with Crippen LogP contribution in [0.1, 0.15) is 29.5 Å². The van der Waals surface area contributed by atoms with Gasteiger partial charge in [-0.15, -0.1) is 0 Å². The zero-order valence-corrected chi connectivity index (χ0v) is 16.1. The molecule has 8 nitrogen and oxygen atoms in total. The largest absolute Gasteiger partial charge is 0.336 e. The molecule has 1 fully saturated rings. The fraction of sp³-hybridized carbons (Fsp3) is 0.474. The van der Waals surface area contributed by atoms with Crippen molar-refractivity contribution in [2.45, 2.75) is 26.8 Å². The number of aryl methyl sites for hydroxylation is 2. The highest BCUT2D eigenvalue weighted by Gasteiger charge is 2.22. The molecule has 3 aromatic heterocycles. The first kappa shape index (κ1) is 17.7. The van der Waals surface area contributed by atoms with Crippen molar-refractivity contribution in [2.24, 2.45) is 0 Å². The van der Waals surface area contributed by atoms with Crippen LogP contribution in [-0.4, -0.2) is 73.3 Å². The van der Waals surface area contributed by atoms with Gasteiger partial charge in [0.2, 0.25) is 0 Å². The van der Waals surface area contributed by atoms with Gasteiger partial charge in [-0.3, -0.25) is 9.48 Å². The third-order valence-electron chi connectivity index (χ3n) is 5.13. The van der Waals surface area contributed by atoms with Crippen LogP contribution in [0.5, 0.6) is 0 Å². The molecule has 1 saturated heterocycles. The molecule has 4 heterocycles. The number of rotatable bonds is 3. The number of amides is 1. The number of fused-ring (bicyclic) bond motifs is 1. The first-order chi connectivity index (χ1) is 13.1. The summed E-state index contributed by atoms with van der Waals surface area (Å²) in [4.78, 5) is 21.5. The summed E-state index contributed by atoms with van der Waals surface area (Å²) < 4.78 is 3.65. The lowest BCUT2D eigenvalue weighted by Gasteiger charge is -2.19. The number of hydrogen-bond acceptors (Lipinski definition) is 5. The van der Waals surface area contributed by atoms with Gasteiger partial charge >= 0.3 is 0 Å². The monoisotopic (exact) mass is 367 g/mol. The lowest BCUT2D eigenvalue weighted by molar-refractivity contribution is 0.0756. The molecule has 3 aromatic rings. The minimum atomic E-state index is -0.0253. The molecule has 0 aliphatic carbocycles. The summed E-state index contributed by atoms with van der Waals surface area (Å²) in [5.41, 5.74) is 3.95. The molecule has 0 radical (unpaired) electrons. The predicted molar refractivity (Wildman–Crippen MR) is 103 cm³/mol. The Kier molecular flexibility index (Phi) is 4.65. The maximum Gasteiger partial charge on any atom is 0.274 e. The van der Waals surface area contributed by atoms with Crippen molar-refractivity contribution in [1.82, 2.24) is 34.2 Å². The number of likely N-dealkylation sites (N-methyl/N-ethyl adjacent to an activating group) is 1. The average Bonchev–Trinajstić information content (AvgIpc) is 3.20. The first-order valence-electron chi connectivity index (χ1n) is 9.44. The van der Waals surface area contributed by atoms with E-state index in [4.69, 9.17) is 0 Å². The van der Waals surface area contributed by atoms with Crippen LogP contribution in [0.3, 0.4) is 0 Å². The van der Waals surface area contributed by atoms with Gasteiger partial charge in [-0.2, -0.15) is 10.2 Å². The predicted octanol–water partition coefficient (Wildman–Crippen LogP) is 1.70. The van der Waals surface area contributed by atoms with E-state index in [-0.39, 0.29) is 5.91 Å². The Bertz CT molecular complexity index is 974. The Morgan fingerprint density at radius 1 is 1.19 bits per heavy atom. The van der Waals surface area contributed by atoms with Crippen molar-refractivity contribution in [3.63, 3.8) is 0 Å². The summed E-state index contributed by atoms with van der Waals surface area (Å²) in [6.45, 7) is 8.24. The van der Waals surface area contributed by atoms with Gasteiger partial charge in [-0.25, -0.2) is 9.50 Å². The van der Waals surface area contributed by atoms with Gasteiger partial charge in [0.15, 0.2) is 11.3 Å². The average molecular weight is 367 g/mol. The van der Waals surface area contributed by atoms with E-state index >= 15 is 0 Å². The molecule has 1 aliphatic rings. The van der Waals surface area contributed by atoms with E-state index in [1.165, 1.54) is 0 Å². The van der Waals surface area contributed by atoms with Gasteiger partial charge in [0.05, 0.1) is 11.4 Å². The summed E-state index contributed by atoms with van der Waals surface area (Å²) in [7, 11) is 2.09. The third-order valence-corrected chi connectivity index (χ3v) is 5.13. The van der Waals surface area contributed by atoms with Crippen molar-refractivity contribution in [2.75, 3.05) is 33.2 Å². The van der Waals surface area contributed by atoms with Crippen molar-refractivity contribution in [3.05, 3.63) is 35.9 Å². The maximum absolute atomic E-state index is 13.0. The molecule has 0 spiro atoms. The molecule has 0 aromatic carbocycles. The van der Waals surface area contributed by atoms with Gasteiger partial charge in [0, 0.05) is 50.2 Å². The Morgan fingerprint density at radius 2 is 2.04 bits per heavy atom. The number of carbonyl (C=O) groups excluding carboxylic acids is 1. The lowest BCUT2D eigenvalue weighted by Crippen LogP contribution is -2.34. The molecule has 0 unspecified atom stereocenters. The maximum atomic E-state index is 13.0. The van der Waals surface area contributed by atoms with Gasteiger partial charge in [0.1, 0.15) is 0 Å². The molecule has 0 saturated carbocycles. The van der Waals surface area contributed by atoms with Crippen LogP contribution >= 0.6 is 0 Å². The van der Waals surface area contributed by atoms with E-state index in [1.54, 1.807) is 16.8 Å². The van der Waals surface area contributed by atoms with Crippen LogP contribution in [0, 0.1) is 6.92 Å². The topological polar surface area (TPSA) is 71.6 Å². The number of aromatic nitrogens is 5. The van der Waals surface area contributed by atoms with E-state index < -0.39 is 0 Å². The number of carbonyl (C=O) groups is 1. The molecular weight excluding hydrogens is 342 g/mol. The minimum Gasteiger partial charge on any atom is -0.336 e. The molecule has 0 bridgehead atoms. The van der Waals surface area contributed by atoms with E-state index in [9.17, 15) is 4.79 Å². The number of nitrogens with zero attached hydrogens (tertiary/aromatic N) is 7. The van der Waals surface area contributed by atoms with Gasteiger partial charge in [0.25, 0.3) is 5.91 Å². The first-order valence-corrected chi connectivity index (χ1v) is 9.44. The molecule has 27 heavy (non-hydrogen) atoms. The Hall–Kier alpha value is -2.74. The van der Waals surface area contributed by atoms with Gasteiger partial charge < -0.3 is 9.80 Å². The third kappa shape index (κ3) is 3.32. The summed E-state index contributed by atoms with van der Waals surface area (Å²) in [6.07, 6.45) is 4.75. The van der Waals surface area contributed by atoms with Crippen molar-refractivity contribution in [3.8, 4) is 11.3 Å². The highest BCUT2D eigenvalue weighted by Crippen LogP contribution is 2.23. The van der Waals surface area contributed by atoms with Crippen LogP contribution in [0.4, 0.5) is 0 Å². The second-order valence-electron chi connectivity index (χ2n) is 7.06. The molecule has 1 aliphatic heterocycles. The SMILES string of the molecule is CCn1cc(-c2ccnc3cc(C(=O)N4CCCN(C)CC4)nn23)c(C)n1. The standard InChI is InChI=1S/C19H25N7O/c1-4-25-13-15(14(2)21-25)17-6-7-20-18-12-16(22-26(17)18)19(27)24-9-5-8-23(3)10-11-24/h6-7,12-13H,4-5,8-11H2,1-3H3. The quantitative estimate of drug-likeness (QED) is 0.705. The van der Waals surface area contributed by atoms with E-state index in [0.29, 0.717) is 11.3 Å². The summed E-state index contributed by atoms with van der Waals surface area (Å²) in [5.74, 6) is -0.0253. The van der Waals surface area contributed by atoms with Crippen LogP contribution < -0.4 is 0 Å². The van der Waals surface area contributed by atoms with Gasteiger partial charge in [-0.05, 0) is 39.9 Å². The van der Waals surface area contributed by atoms with Crippen LogP contribution in [0.25, 0.3) is 16.9 Å². The highest BCUT2D eigenvalue weighted by atomic mass is 16.2. The zero-order chi connectivity index (χ0) is 19.0. The van der Waals surface area contributed by atoms with E-state index in [0.717, 1.165) is 56.1 Å². The molecule has 142 valence electrons. The fourth-order valence-electron chi connectivity index (χ4n) is 3.55. The second-order valence-corrected chi connectivity index (χ2v) is 7.06. The summed E-state index contributed by atoms with van der Waals surface area (Å²) >= 11 is 0. The van der Waals surface area contributed by atoms with Crippen molar-refractivity contribution >= 4 is 11.6 Å². The zero-order valence-electron chi connectivity index (χ0n) is 16.1. The fourth-order valence-corrected chi connectivity index (χ4v) is 3.55. The van der Waals surface area contributed by atoms with Crippen molar-refractivity contribution < 1.29 is 4.79 Å². The molecule has 8 heteroatoms. The molecule has 4 rings (SSSR count). The van der Waals surface area contributed by atoms with E-state index in [1.807, 2.05) is 28.8 Å². The second kappa shape index (κ2) is 7.11. The molecule has 0 N–H and O–H groups in total. The van der Waals surface area contributed by atoms with Crippen LogP contribution in [0.2, 0.25) is 0 Å². The van der Waals surface area contributed by atoms with Gasteiger partial charge in [-0.1, -0.05) is 0 Å². The van der Waals surface area contributed by atoms with Crippen molar-refractivity contribution in [1.29, 1.82) is 0 Å². The highest BCUT2D eigenvalue weighted by molar-refractivity contribution is 5.93. The van der Waals surface area contributed by atoms with Crippen LogP contribution in [0.15, 0.2) is 24.5 Å². The van der Waals surface area contributed by atoms with Crippen LogP contribution in [-0.2, 0) is 6.54 Å². The molecule has 0 atom stereocenters. The Labute approximate surface area is 158 Å². The normalized spacial score (nSPS) is 16.0. The minimum absolute atomic E-state index is 0.0253. The Morgan fingerprint density at radius 3 is 2.81 bits per heavy atom. The lowest BCUT2D eigenvalue weighted by atomic mass is 10.2. The summed E-state index contributed by atoms with van der Waals surface area (Å²) in [6, 6.07) is 3.69. The molecular formula is C19H25N7O. The van der Waals surface area contributed by atoms with E-state index in [2.05, 4.69) is 34.1 Å².